The number of benzene rings is 1. The molecule has 4 heterocycles. The fraction of sp³-hybridized carbons (Fsp3) is 0.350. The summed E-state index contributed by atoms with van der Waals surface area (Å²) in [4.78, 5) is 16.8. The van der Waals surface area contributed by atoms with Crippen LogP contribution in [0.1, 0.15) is 6.92 Å². The number of fused-ring (bicyclic) bond motifs is 1. The van der Waals surface area contributed by atoms with Gasteiger partial charge in [-0.3, -0.25) is 0 Å². The van der Waals surface area contributed by atoms with Crippen LogP contribution in [0, 0.1) is 0 Å². The molecule has 0 aliphatic carbocycles. The van der Waals surface area contributed by atoms with Gasteiger partial charge < -0.3 is 19.5 Å². The van der Waals surface area contributed by atoms with Gasteiger partial charge in [0, 0.05) is 38.3 Å². The maximum absolute atomic E-state index is 5.42. The molecule has 0 atom stereocenters. The lowest BCUT2D eigenvalue weighted by Gasteiger charge is -2.19. The Balaban J connectivity index is 1.63. The molecule has 2 aliphatic heterocycles. The van der Waals surface area contributed by atoms with Crippen LogP contribution in [0.4, 0.5) is 5.95 Å². The fourth-order valence-electron chi connectivity index (χ4n) is 4.14. The average Bonchev–Trinajstić information content (AvgIpc) is 3.41. The van der Waals surface area contributed by atoms with Crippen LogP contribution < -0.4 is 20.4 Å². The highest BCUT2D eigenvalue weighted by Gasteiger charge is 2.28. The van der Waals surface area contributed by atoms with Crippen LogP contribution in [0.2, 0.25) is 0 Å². The number of rotatable bonds is 4. The van der Waals surface area contributed by atoms with Crippen molar-refractivity contribution in [3.8, 4) is 17.0 Å². The minimum Gasteiger partial charge on any atom is -0.497 e. The predicted molar refractivity (Wildman–Crippen MR) is 113 cm³/mol. The van der Waals surface area contributed by atoms with E-state index in [1.165, 1.54) is 11.1 Å². The third-order valence-electron chi connectivity index (χ3n) is 5.68. The Labute approximate surface area is 164 Å². The zero-order chi connectivity index (χ0) is 19.3. The molecule has 0 radical (unpaired) electrons. The van der Waals surface area contributed by atoms with E-state index in [-0.39, 0.29) is 0 Å². The summed E-state index contributed by atoms with van der Waals surface area (Å²) in [5, 5.41) is 3.43. The molecule has 28 heavy (non-hydrogen) atoms. The molecule has 0 amide bonds. The van der Waals surface area contributed by atoms with Crippen LogP contribution in [0.3, 0.4) is 0 Å². The third kappa shape index (κ3) is 2.67. The van der Waals surface area contributed by atoms with Gasteiger partial charge in [-0.15, -0.1) is 0 Å². The van der Waals surface area contributed by atoms with Crippen molar-refractivity contribution < 1.29 is 4.74 Å². The van der Waals surface area contributed by atoms with Crippen molar-refractivity contribution in [3.63, 3.8) is 0 Å². The van der Waals surface area contributed by atoms with Crippen molar-refractivity contribution in [2.24, 2.45) is 0 Å². The van der Waals surface area contributed by atoms with E-state index < -0.39 is 0 Å². The Morgan fingerprint density at radius 1 is 1.18 bits per heavy atom. The molecule has 0 saturated heterocycles. The Kier molecular flexibility index (Phi) is 4.09. The van der Waals surface area contributed by atoms with Crippen molar-refractivity contribution in [2.45, 2.75) is 13.5 Å². The van der Waals surface area contributed by atoms with Crippen molar-refractivity contribution in [2.75, 3.05) is 38.2 Å². The van der Waals surface area contributed by atoms with Gasteiger partial charge in [-0.1, -0.05) is 6.07 Å². The number of nitrogens with one attached hydrogen (secondary N) is 1. The minimum absolute atomic E-state index is 0.778. The highest BCUT2D eigenvalue weighted by atomic mass is 16.5. The van der Waals surface area contributed by atoms with Gasteiger partial charge in [0.05, 0.1) is 13.4 Å². The predicted octanol–water partition coefficient (Wildman–Crippen LogP) is 0.500. The molecule has 0 fully saturated rings. The fourth-order valence-corrected chi connectivity index (χ4v) is 4.14. The number of hydrogen-bond donors (Lipinski definition) is 1. The Morgan fingerprint density at radius 2 is 1.96 bits per heavy atom. The second-order valence-corrected chi connectivity index (χ2v) is 7.43. The number of nitrogens with zero attached hydrogens (tertiary/aromatic N) is 5. The molecular weight excluding hydrogens is 351 g/mol. The van der Waals surface area contributed by atoms with Crippen LogP contribution in [-0.4, -0.2) is 60.7 Å². The Morgan fingerprint density at radius 3 is 2.64 bits per heavy atom. The van der Waals surface area contributed by atoms with E-state index in [0.29, 0.717) is 0 Å². The summed E-state index contributed by atoms with van der Waals surface area (Å²) in [5.74, 6) is 1.65. The zero-order valence-electron chi connectivity index (χ0n) is 16.5. The summed E-state index contributed by atoms with van der Waals surface area (Å²) in [5.41, 5.74) is 7.69. The normalized spacial score (nSPS) is 16.3. The zero-order valence-corrected chi connectivity index (χ0v) is 16.5. The van der Waals surface area contributed by atoms with Crippen LogP contribution in [0.15, 0.2) is 35.7 Å². The summed E-state index contributed by atoms with van der Waals surface area (Å²) in [7, 11) is 3.74. The molecule has 0 bridgehead atoms. The monoisotopic (exact) mass is 374 g/mol. The standard InChI is InChI=1S/C20H23BN6O/c1-3-26-11-23-18-17(12-4-5-16(28-2)15(21)6-12)24-20(25-19(18)26)27-9-13-7-22-8-14(13)10-27/h4-6,11,22H,3,7-10,21H2,1-2H3. The maximum atomic E-state index is 5.42. The summed E-state index contributed by atoms with van der Waals surface area (Å²) in [6.07, 6.45) is 1.86. The van der Waals surface area contributed by atoms with E-state index in [2.05, 4.69) is 38.8 Å². The summed E-state index contributed by atoms with van der Waals surface area (Å²) in [6.45, 7) is 6.69. The average molecular weight is 374 g/mol. The van der Waals surface area contributed by atoms with Crippen molar-refractivity contribution in [3.05, 3.63) is 35.7 Å². The molecule has 3 aromatic rings. The van der Waals surface area contributed by atoms with E-state index >= 15 is 0 Å². The first-order valence-corrected chi connectivity index (χ1v) is 9.71. The number of methoxy groups -OCH3 is 1. The van der Waals surface area contributed by atoms with E-state index in [1.54, 1.807) is 7.11 Å². The molecule has 8 heteroatoms. The number of aromatic nitrogens is 4. The van der Waals surface area contributed by atoms with Crippen molar-refractivity contribution in [1.29, 1.82) is 0 Å². The lowest BCUT2D eigenvalue weighted by Crippen LogP contribution is -2.28. The highest BCUT2D eigenvalue weighted by molar-refractivity contribution is 6.34. The van der Waals surface area contributed by atoms with Gasteiger partial charge in [0.2, 0.25) is 5.95 Å². The molecule has 5 rings (SSSR count). The van der Waals surface area contributed by atoms with Gasteiger partial charge in [-0.25, -0.2) is 9.97 Å². The lowest BCUT2D eigenvalue weighted by molar-refractivity contribution is 0.418. The van der Waals surface area contributed by atoms with Crippen molar-refractivity contribution in [1.82, 2.24) is 24.8 Å². The van der Waals surface area contributed by atoms with E-state index in [0.717, 1.165) is 72.3 Å². The lowest BCUT2D eigenvalue weighted by atomic mass is 9.92. The largest absolute Gasteiger partial charge is 0.497 e. The van der Waals surface area contributed by atoms with Crippen LogP contribution >= 0.6 is 0 Å². The number of anilines is 1. The second kappa shape index (κ2) is 6.63. The first-order chi connectivity index (χ1) is 13.7. The van der Waals surface area contributed by atoms with E-state index in [4.69, 9.17) is 14.7 Å². The molecule has 7 nitrogen and oxygen atoms in total. The highest BCUT2D eigenvalue weighted by Crippen LogP contribution is 2.30. The molecular formula is C20H23BN6O. The topological polar surface area (TPSA) is 68.1 Å². The van der Waals surface area contributed by atoms with Crippen LogP contribution in [0.25, 0.3) is 22.4 Å². The maximum Gasteiger partial charge on any atom is 0.228 e. The van der Waals surface area contributed by atoms with Gasteiger partial charge in [0.1, 0.15) is 24.8 Å². The molecule has 0 unspecified atom stereocenters. The SMILES string of the molecule is Bc1cc(-c2nc(N3CC4=C(CNC4)C3)nc3c2ncn3CC)ccc1OC. The molecule has 0 spiro atoms. The molecule has 2 aliphatic rings. The minimum atomic E-state index is 0.778. The van der Waals surface area contributed by atoms with Gasteiger partial charge in [0.25, 0.3) is 0 Å². The van der Waals surface area contributed by atoms with Gasteiger partial charge in [-0.05, 0) is 35.7 Å². The number of imidazole rings is 1. The third-order valence-corrected chi connectivity index (χ3v) is 5.68. The van der Waals surface area contributed by atoms with E-state index in [9.17, 15) is 0 Å². The molecule has 0 saturated carbocycles. The molecule has 2 aromatic heterocycles. The summed E-state index contributed by atoms with van der Waals surface area (Å²) >= 11 is 0. The first kappa shape index (κ1) is 17.2. The smallest absolute Gasteiger partial charge is 0.228 e. The van der Waals surface area contributed by atoms with Crippen LogP contribution in [0.5, 0.6) is 5.75 Å². The van der Waals surface area contributed by atoms with E-state index in [1.807, 2.05) is 20.2 Å². The first-order valence-electron chi connectivity index (χ1n) is 9.71. The molecule has 1 aromatic carbocycles. The van der Waals surface area contributed by atoms with Crippen molar-refractivity contribution >= 4 is 30.4 Å². The van der Waals surface area contributed by atoms with Crippen LogP contribution in [-0.2, 0) is 6.54 Å². The number of hydrogen-bond acceptors (Lipinski definition) is 6. The Hall–Kier alpha value is -2.87. The molecule has 1 N–H and O–H groups in total. The van der Waals surface area contributed by atoms with Gasteiger partial charge in [0.15, 0.2) is 5.65 Å². The second-order valence-electron chi connectivity index (χ2n) is 7.43. The quantitative estimate of drug-likeness (QED) is 0.530. The summed E-state index contributed by atoms with van der Waals surface area (Å²) in [6, 6.07) is 6.16. The number of ether oxygens (including phenoxy) is 1. The van der Waals surface area contributed by atoms with Gasteiger partial charge >= 0.3 is 0 Å². The Bertz CT molecular complexity index is 1090. The number of aryl methyl sites for hydroxylation is 1. The molecule has 142 valence electrons. The summed E-state index contributed by atoms with van der Waals surface area (Å²) < 4.78 is 7.50. The van der Waals surface area contributed by atoms with Gasteiger partial charge in [-0.2, -0.15) is 4.98 Å².